The SMILES string of the molecule is C=C(C)C(=O)OCCOCCOc1cccc(-c2ccccc2)c1. The van der Waals surface area contributed by atoms with Crippen LogP contribution in [0.25, 0.3) is 11.1 Å². The van der Waals surface area contributed by atoms with Crippen LogP contribution in [0, 0.1) is 0 Å². The van der Waals surface area contributed by atoms with Crippen LogP contribution in [-0.2, 0) is 14.3 Å². The van der Waals surface area contributed by atoms with Gasteiger partial charge < -0.3 is 14.2 Å². The fourth-order valence-electron chi connectivity index (χ4n) is 2.03. The highest BCUT2D eigenvalue weighted by Crippen LogP contribution is 2.23. The highest BCUT2D eigenvalue weighted by atomic mass is 16.6. The molecule has 0 radical (unpaired) electrons. The maximum absolute atomic E-state index is 11.2. The standard InChI is InChI=1S/C20H22O4/c1-16(2)20(21)24-14-12-22-11-13-23-19-10-6-9-18(15-19)17-7-4-3-5-8-17/h3-10,15H,1,11-14H2,2H3. The van der Waals surface area contributed by atoms with Gasteiger partial charge in [-0.1, -0.05) is 49.0 Å². The van der Waals surface area contributed by atoms with E-state index in [0.717, 1.165) is 16.9 Å². The van der Waals surface area contributed by atoms with E-state index in [0.29, 0.717) is 25.4 Å². The summed E-state index contributed by atoms with van der Waals surface area (Å²) in [7, 11) is 0. The van der Waals surface area contributed by atoms with Crippen LogP contribution >= 0.6 is 0 Å². The second-order valence-electron chi connectivity index (χ2n) is 5.27. The van der Waals surface area contributed by atoms with Gasteiger partial charge in [-0.15, -0.1) is 0 Å². The Labute approximate surface area is 142 Å². The Bertz CT molecular complexity index is 664. The summed E-state index contributed by atoms with van der Waals surface area (Å²) in [4.78, 5) is 11.2. The molecule has 0 spiro atoms. The summed E-state index contributed by atoms with van der Waals surface area (Å²) in [6, 6.07) is 18.1. The van der Waals surface area contributed by atoms with Gasteiger partial charge in [-0.25, -0.2) is 4.79 Å². The molecule has 4 heteroatoms. The van der Waals surface area contributed by atoms with Crippen molar-refractivity contribution in [2.24, 2.45) is 0 Å². The van der Waals surface area contributed by atoms with Gasteiger partial charge in [0.05, 0.1) is 13.2 Å². The minimum absolute atomic E-state index is 0.217. The van der Waals surface area contributed by atoms with Crippen LogP contribution in [0.3, 0.4) is 0 Å². The third-order valence-electron chi connectivity index (χ3n) is 3.25. The summed E-state index contributed by atoms with van der Waals surface area (Å²) < 4.78 is 16.0. The molecule has 0 aliphatic rings. The Morgan fingerprint density at radius 3 is 2.38 bits per heavy atom. The zero-order valence-electron chi connectivity index (χ0n) is 13.9. The molecule has 0 saturated heterocycles. The van der Waals surface area contributed by atoms with Gasteiger partial charge in [0.2, 0.25) is 0 Å². The third kappa shape index (κ3) is 5.89. The van der Waals surface area contributed by atoms with E-state index < -0.39 is 5.97 Å². The molecular weight excluding hydrogens is 304 g/mol. The molecule has 4 nitrogen and oxygen atoms in total. The van der Waals surface area contributed by atoms with Gasteiger partial charge >= 0.3 is 5.97 Å². The smallest absolute Gasteiger partial charge is 0.333 e. The van der Waals surface area contributed by atoms with Gasteiger partial charge in [-0.05, 0) is 30.2 Å². The van der Waals surface area contributed by atoms with Crippen LogP contribution in [0.1, 0.15) is 6.92 Å². The summed E-state index contributed by atoms with van der Waals surface area (Å²) in [5.74, 6) is 0.404. The molecule has 0 heterocycles. The maximum atomic E-state index is 11.2. The Kier molecular flexibility index (Phi) is 7.05. The van der Waals surface area contributed by atoms with Crippen LogP contribution in [0.2, 0.25) is 0 Å². The maximum Gasteiger partial charge on any atom is 0.333 e. The number of carbonyl (C=O) groups excluding carboxylic acids is 1. The Morgan fingerprint density at radius 1 is 0.917 bits per heavy atom. The predicted octanol–water partition coefficient (Wildman–Crippen LogP) is 3.87. The van der Waals surface area contributed by atoms with E-state index in [1.54, 1.807) is 6.92 Å². The Hall–Kier alpha value is -2.59. The lowest BCUT2D eigenvalue weighted by atomic mass is 10.1. The molecule has 2 aromatic carbocycles. The minimum atomic E-state index is -0.396. The molecule has 0 aliphatic heterocycles. The molecule has 0 bridgehead atoms. The molecule has 0 atom stereocenters. The molecule has 0 amide bonds. The molecule has 2 rings (SSSR count). The highest BCUT2D eigenvalue weighted by molar-refractivity contribution is 5.86. The van der Waals surface area contributed by atoms with Crippen LogP contribution in [0.15, 0.2) is 66.7 Å². The van der Waals surface area contributed by atoms with Crippen LogP contribution < -0.4 is 4.74 Å². The predicted molar refractivity (Wildman–Crippen MR) is 94.0 cm³/mol. The summed E-state index contributed by atoms with van der Waals surface area (Å²) in [5.41, 5.74) is 2.65. The van der Waals surface area contributed by atoms with Gasteiger partial charge in [0, 0.05) is 5.57 Å². The van der Waals surface area contributed by atoms with Crippen molar-refractivity contribution in [2.75, 3.05) is 26.4 Å². The van der Waals surface area contributed by atoms with E-state index >= 15 is 0 Å². The van der Waals surface area contributed by atoms with Gasteiger partial charge in [-0.2, -0.15) is 0 Å². The van der Waals surface area contributed by atoms with Gasteiger partial charge in [0.15, 0.2) is 0 Å². The molecule has 2 aromatic rings. The van der Waals surface area contributed by atoms with E-state index in [1.165, 1.54) is 0 Å². The average molecular weight is 326 g/mol. The number of hydrogen-bond acceptors (Lipinski definition) is 4. The summed E-state index contributed by atoms with van der Waals surface area (Å²) in [6.45, 7) is 6.55. The number of rotatable bonds is 9. The van der Waals surface area contributed by atoms with Crippen molar-refractivity contribution in [1.82, 2.24) is 0 Å². The number of benzene rings is 2. The monoisotopic (exact) mass is 326 g/mol. The van der Waals surface area contributed by atoms with Crippen molar-refractivity contribution >= 4 is 5.97 Å². The topological polar surface area (TPSA) is 44.8 Å². The van der Waals surface area contributed by atoms with Crippen LogP contribution in [0.5, 0.6) is 5.75 Å². The van der Waals surface area contributed by atoms with Crippen molar-refractivity contribution in [2.45, 2.75) is 6.92 Å². The van der Waals surface area contributed by atoms with Crippen LogP contribution in [0.4, 0.5) is 0 Å². The second kappa shape index (κ2) is 9.53. The lowest BCUT2D eigenvalue weighted by molar-refractivity contribution is -0.140. The third-order valence-corrected chi connectivity index (χ3v) is 3.25. The quantitative estimate of drug-likeness (QED) is 0.399. The minimum Gasteiger partial charge on any atom is -0.491 e. The van der Waals surface area contributed by atoms with Crippen LogP contribution in [-0.4, -0.2) is 32.4 Å². The highest BCUT2D eigenvalue weighted by Gasteiger charge is 2.02. The van der Waals surface area contributed by atoms with Crippen molar-refractivity contribution in [3.8, 4) is 16.9 Å². The molecule has 0 fully saturated rings. The first-order valence-electron chi connectivity index (χ1n) is 7.85. The molecule has 0 saturated carbocycles. The lowest BCUT2D eigenvalue weighted by Gasteiger charge is -2.09. The first-order valence-corrected chi connectivity index (χ1v) is 7.85. The number of hydrogen-bond donors (Lipinski definition) is 0. The van der Waals surface area contributed by atoms with Gasteiger partial charge in [-0.3, -0.25) is 0 Å². The van der Waals surface area contributed by atoms with E-state index in [-0.39, 0.29) is 6.61 Å². The largest absolute Gasteiger partial charge is 0.491 e. The fourth-order valence-corrected chi connectivity index (χ4v) is 2.03. The van der Waals surface area contributed by atoms with E-state index in [1.807, 2.05) is 36.4 Å². The average Bonchev–Trinajstić information content (AvgIpc) is 2.61. The molecule has 24 heavy (non-hydrogen) atoms. The van der Waals surface area contributed by atoms with E-state index in [9.17, 15) is 4.79 Å². The zero-order chi connectivity index (χ0) is 17.2. The molecular formula is C20H22O4. The van der Waals surface area contributed by atoms with Gasteiger partial charge in [0.25, 0.3) is 0 Å². The molecule has 126 valence electrons. The molecule has 0 aliphatic carbocycles. The first-order chi connectivity index (χ1) is 11.7. The normalized spacial score (nSPS) is 10.2. The summed E-state index contributed by atoms with van der Waals surface area (Å²) in [5, 5.41) is 0. The van der Waals surface area contributed by atoms with Crippen molar-refractivity contribution in [1.29, 1.82) is 0 Å². The second-order valence-corrected chi connectivity index (χ2v) is 5.27. The summed E-state index contributed by atoms with van der Waals surface area (Å²) >= 11 is 0. The Balaban J connectivity index is 1.68. The molecule has 0 unspecified atom stereocenters. The molecule has 0 N–H and O–H groups in total. The number of carbonyl (C=O) groups is 1. The van der Waals surface area contributed by atoms with Crippen molar-refractivity contribution < 1.29 is 19.0 Å². The Morgan fingerprint density at radius 2 is 1.62 bits per heavy atom. The van der Waals surface area contributed by atoms with Crippen molar-refractivity contribution in [3.05, 3.63) is 66.7 Å². The van der Waals surface area contributed by atoms with E-state index in [2.05, 4.69) is 24.8 Å². The van der Waals surface area contributed by atoms with Gasteiger partial charge in [0.1, 0.15) is 19.0 Å². The fraction of sp³-hybridized carbons (Fsp3) is 0.250. The lowest BCUT2D eigenvalue weighted by Crippen LogP contribution is -2.13. The van der Waals surface area contributed by atoms with E-state index in [4.69, 9.17) is 14.2 Å². The summed E-state index contributed by atoms with van der Waals surface area (Å²) in [6.07, 6.45) is 0. The van der Waals surface area contributed by atoms with Crippen molar-refractivity contribution in [3.63, 3.8) is 0 Å². The number of ether oxygens (including phenoxy) is 3. The zero-order valence-corrected chi connectivity index (χ0v) is 13.9. The number of esters is 1. The first kappa shape index (κ1) is 17.8. The molecule has 0 aromatic heterocycles.